The van der Waals surface area contributed by atoms with Gasteiger partial charge in [0.25, 0.3) is 0 Å². The van der Waals surface area contributed by atoms with E-state index in [9.17, 15) is 0 Å². The third-order valence-corrected chi connectivity index (χ3v) is 5.84. The Balaban J connectivity index is 1.75. The van der Waals surface area contributed by atoms with Gasteiger partial charge in [0.1, 0.15) is 11.5 Å². The lowest BCUT2D eigenvalue weighted by atomic mass is 9.84. The summed E-state index contributed by atoms with van der Waals surface area (Å²) in [7, 11) is 3.75. The summed E-state index contributed by atoms with van der Waals surface area (Å²) in [6, 6.07) is 23.0. The number of aryl methyl sites for hydroxylation is 2. The van der Waals surface area contributed by atoms with E-state index in [0.717, 1.165) is 33.9 Å². The van der Waals surface area contributed by atoms with Crippen LogP contribution in [0.4, 0.5) is 0 Å². The Hall–Kier alpha value is -3.46. The van der Waals surface area contributed by atoms with Crippen molar-refractivity contribution in [1.29, 1.82) is 0 Å². The van der Waals surface area contributed by atoms with E-state index in [-0.39, 0.29) is 0 Å². The largest absolute Gasteiger partial charge is 0.497 e. The maximum atomic E-state index is 6.84. The summed E-state index contributed by atoms with van der Waals surface area (Å²) in [4.78, 5) is 0. The Morgan fingerprint density at radius 1 is 0.966 bits per heavy atom. The van der Waals surface area contributed by atoms with Gasteiger partial charge in [0.2, 0.25) is 0 Å². The van der Waals surface area contributed by atoms with Crippen molar-refractivity contribution >= 4 is 16.8 Å². The summed E-state index contributed by atoms with van der Waals surface area (Å²) >= 11 is 0. The minimum atomic E-state index is -0.704. The van der Waals surface area contributed by atoms with E-state index in [1.54, 1.807) is 7.11 Å². The fourth-order valence-corrected chi connectivity index (χ4v) is 4.39. The third-order valence-electron chi connectivity index (χ3n) is 5.84. The number of benzene rings is 3. The first kappa shape index (κ1) is 17.6. The summed E-state index contributed by atoms with van der Waals surface area (Å²) in [5.41, 5.74) is 3.74. The van der Waals surface area contributed by atoms with Crippen LogP contribution in [0.5, 0.6) is 11.5 Å². The highest BCUT2D eigenvalue weighted by molar-refractivity contribution is 5.94. The molecule has 1 aliphatic rings. The van der Waals surface area contributed by atoms with Gasteiger partial charge in [0.05, 0.1) is 12.8 Å². The first-order valence-electron chi connectivity index (χ1n) is 9.79. The minimum Gasteiger partial charge on any atom is -0.497 e. The van der Waals surface area contributed by atoms with Gasteiger partial charge in [-0.25, -0.2) is 0 Å². The third kappa shape index (κ3) is 2.65. The number of aromatic nitrogens is 1. The molecule has 0 radical (unpaired) electrons. The molecule has 0 fully saturated rings. The lowest BCUT2D eigenvalue weighted by Crippen LogP contribution is -2.36. The standard InChI is InChI=1S/C26H23NO2/c1-18-17-20(28-3)11-12-23(18)26(25-9-6-16-27(25)2)15-14-22-21-8-5-4-7-19(21)10-13-24(22)29-26/h4-17H,1-3H3. The summed E-state index contributed by atoms with van der Waals surface area (Å²) in [6.07, 6.45) is 6.45. The fourth-order valence-electron chi connectivity index (χ4n) is 4.39. The number of hydrogen-bond acceptors (Lipinski definition) is 2. The molecule has 144 valence electrons. The SMILES string of the molecule is COc1ccc(C2(c3cccn3C)C=Cc3c(ccc4ccccc34)O2)c(C)c1. The van der Waals surface area contributed by atoms with E-state index in [4.69, 9.17) is 9.47 Å². The van der Waals surface area contributed by atoms with E-state index in [2.05, 4.69) is 97.6 Å². The molecule has 0 aliphatic carbocycles. The quantitative estimate of drug-likeness (QED) is 0.445. The van der Waals surface area contributed by atoms with Crippen LogP contribution in [0.2, 0.25) is 0 Å². The van der Waals surface area contributed by atoms with Crippen molar-refractivity contribution < 1.29 is 9.47 Å². The highest BCUT2D eigenvalue weighted by atomic mass is 16.5. The Morgan fingerprint density at radius 2 is 1.83 bits per heavy atom. The van der Waals surface area contributed by atoms with Crippen LogP contribution in [0.25, 0.3) is 16.8 Å². The van der Waals surface area contributed by atoms with Crippen LogP contribution in [0, 0.1) is 6.92 Å². The molecule has 29 heavy (non-hydrogen) atoms. The average molecular weight is 381 g/mol. The smallest absolute Gasteiger partial charge is 0.193 e. The normalized spacial score (nSPS) is 17.8. The first-order chi connectivity index (χ1) is 14.1. The Kier molecular flexibility index (Phi) is 3.99. The molecular weight excluding hydrogens is 358 g/mol. The number of hydrogen-bond donors (Lipinski definition) is 0. The molecule has 1 unspecified atom stereocenters. The number of rotatable bonds is 3. The van der Waals surface area contributed by atoms with E-state index in [0.29, 0.717) is 0 Å². The number of nitrogens with zero attached hydrogens (tertiary/aromatic N) is 1. The summed E-state index contributed by atoms with van der Waals surface area (Å²) in [6.45, 7) is 2.11. The van der Waals surface area contributed by atoms with Crippen molar-refractivity contribution in [2.45, 2.75) is 12.5 Å². The van der Waals surface area contributed by atoms with Crippen LogP contribution < -0.4 is 9.47 Å². The maximum absolute atomic E-state index is 6.84. The summed E-state index contributed by atoms with van der Waals surface area (Å²) in [5.74, 6) is 1.74. The molecule has 1 aliphatic heterocycles. The molecular formula is C26H23NO2. The number of methoxy groups -OCH3 is 1. The van der Waals surface area contributed by atoms with Gasteiger partial charge in [-0.1, -0.05) is 36.4 Å². The topological polar surface area (TPSA) is 23.4 Å². The van der Waals surface area contributed by atoms with Gasteiger partial charge in [-0.15, -0.1) is 0 Å². The van der Waals surface area contributed by atoms with Gasteiger partial charge in [-0.2, -0.15) is 0 Å². The zero-order valence-electron chi connectivity index (χ0n) is 16.8. The summed E-state index contributed by atoms with van der Waals surface area (Å²) in [5, 5.41) is 2.42. The van der Waals surface area contributed by atoms with Gasteiger partial charge in [-0.05, 0) is 65.7 Å². The van der Waals surface area contributed by atoms with Crippen molar-refractivity contribution in [2.24, 2.45) is 7.05 Å². The molecule has 0 N–H and O–H groups in total. The molecule has 0 saturated carbocycles. The second-order valence-electron chi connectivity index (χ2n) is 7.55. The van der Waals surface area contributed by atoms with Crippen LogP contribution in [-0.2, 0) is 12.6 Å². The van der Waals surface area contributed by atoms with Gasteiger partial charge in [0, 0.05) is 24.4 Å². The molecule has 0 amide bonds. The molecule has 4 aromatic rings. The van der Waals surface area contributed by atoms with Crippen LogP contribution in [-0.4, -0.2) is 11.7 Å². The van der Waals surface area contributed by atoms with Gasteiger partial charge < -0.3 is 14.0 Å². The van der Waals surface area contributed by atoms with E-state index >= 15 is 0 Å². The first-order valence-corrected chi connectivity index (χ1v) is 9.79. The zero-order chi connectivity index (χ0) is 20.0. The lowest BCUT2D eigenvalue weighted by Gasteiger charge is -2.37. The highest BCUT2D eigenvalue weighted by Gasteiger charge is 2.40. The molecule has 2 heterocycles. The predicted molar refractivity (Wildman–Crippen MR) is 118 cm³/mol. The van der Waals surface area contributed by atoms with Gasteiger partial charge in [0.15, 0.2) is 5.60 Å². The molecule has 1 atom stereocenters. The number of fused-ring (bicyclic) bond motifs is 3. The van der Waals surface area contributed by atoms with E-state index < -0.39 is 5.60 Å². The maximum Gasteiger partial charge on any atom is 0.193 e. The van der Waals surface area contributed by atoms with Crippen LogP contribution in [0.15, 0.2) is 79.0 Å². The number of ether oxygens (including phenoxy) is 2. The van der Waals surface area contributed by atoms with Crippen LogP contribution in [0.3, 0.4) is 0 Å². The monoisotopic (exact) mass is 381 g/mol. The van der Waals surface area contributed by atoms with Crippen molar-refractivity contribution in [3.8, 4) is 11.5 Å². The Bertz CT molecular complexity index is 1250. The molecule has 3 heteroatoms. The summed E-state index contributed by atoms with van der Waals surface area (Å²) < 4.78 is 14.4. The molecule has 0 spiro atoms. The molecule has 1 aromatic heterocycles. The van der Waals surface area contributed by atoms with E-state index in [1.165, 1.54) is 10.8 Å². The highest BCUT2D eigenvalue weighted by Crippen LogP contribution is 2.45. The molecule has 3 nitrogen and oxygen atoms in total. The minimum absolute atomic E-state index is 0.704. The average Bonchev–Trinajstić information content (AvgIpc) is 3.19. The van der Waals surface area contributed by atoms with Gasteiger partial charge >= 0.3 is 0 Å². The van der Waals surface area contributed by atoms with E-state index in [1.807, 2.05) is 6.07 Å². The lowest BCUT2D eigenvalue weighted by molar-refractivity contribution is 0.152. The molecule has 3 aromatic carbocycles. The Labute approximate surface area is 170 Å². The Morgan fingerprint density at radius 3 is 2.59 bits per heavy atom. The fraction of sp³-hybridized carbons (Fsp3) is 0.154. The second-order valence-corrected chi connectivity index (χ2v) is 7.55. The van der Waals surface area contributed by atoms with Crippen molar-refractivity contribution in [3.63, 3.8) is 0 Å². The molecule has 5 rings (SSSR count). The predicted octanol–water partition coefficient (Wildman–Crippen LogP) is 5.84. The second kappa shape index (κ2) is 6.56. The zero-order valence-corrected chi connectivity index (χ0v) is 16.8. The van der Waals surface area contributed by atoms with Crippen molar-refractivity contribution in [2.75, 3.05) is 7.11 Å². The molecule has 0 bridgehead atoms. The molecule has 0 saturated heterocycles. The van der Waals surface area contributed by atoms with Crippen LogP contribution in [0.1, 0.15) is 22.4 Å². The van der Waals surface area contributed by atoms with Crippen molar-refractivity contribution in [1.82, 2.24) is 4.57 Å². The van der Waals surface area contributed by atoms with Gasteiger partial charge in [-0.3, -0.25) is 0 Å². The van der Waals surface area contributed by atoms with Crippen molar-refractivity contribution in [3.05, 3.63) is 101 Å². The van der Waals surface area contributed by atoms with Crippen LogP contribution >= 0.6 is 0 Å².